The van der Waals surface area contributed by atoms with E-state index < -0.39 is 0 Å². The molecule has 6 heteroatoms. The number of ether oxygens (including phenoxy) is 1. The Hall–Kier alpha value is -2.60. The van der Waals surface area contributed by atoms with Crippen LogP contribution in [0.3, 0.4) is 0 Å². The molecule has 0 saturated carbocycles. The van der Waals surface area contributed by atoms with Gasteiger partial charge < -0.3 is 15.4 Å². The number of piperazine rings is 1. The van der Waals surface area contributed by atoms with Crippen LogP contribution in [0.25, 0.3) is 0 Å². The fourth-order valence-electron chi connectivity index (χ4n) is 3.07. The molecular weight excluding hydrogens is 321 g/mol. The van der Waals surface area contributed by atoms with Gasteiger partial charge in [0.1, 0.15) is 11.6 Å². The van der Waals surface area contributed by atoms with Crippen molar-refractivity contribution in [3.05, 3.63) is 59.4 Å². The Morgan fingerprint density at radius 2 is 1.92 bits per heavy atom. The van der Waals surface area contributed by atoms with E-state index >= 15 is 0 Å². The molecule has 0 aromatic heterocycles. The number of nitrogen functional groups attached to an aromatic ring is 1. The zero-order valence-corrected chi connectivity index (χ0v) is 14.2. The molecule has 0 radical (unpaired) electrons. The fraction of sp³-hybridized carbons (Fsp3) is 0.316. The standard InChI is InChI=1S/C19H22FN3O2/c1-25-18-6-5-16(20)11-15(18)13-22-7-9-23(10-8-22)19(24)14-3-2-4-17(21)12-14/h2-6,11-12H,7-10,13,21H2,1H3. The van der Waals surface area contributed by atoms with Crippen LogP contribution in [0.1, 0.15) is 15.9 Å². The predicted octanol–water partition coefficient (Wildman–Crippen LogP) is 2.37. The van der Waals surface area contributed by atoms with Crippen LogP contribution < -0.4 is 10.5 Å². The number of nitrogens with two attached hydrogens (primary N) is 1. The van der Waals surface area contributed by atoms with Crippen LogP contribution in [-0.4, -0.2) is 49.0 Å². The smallest absolute Gasteiger partial charge is 0.254 e. The van der Waals surface area contributed by atoms with Gasteiger partial charge in [0.25, 0.3) is 5.91 Å². The third kappa shape index (κ3) is 4.09. The Morgan fingerprint density at radius 1 is 1.16 bits per heavy atom. The minimum atomic E-state index is -0.272. The van der Waals surface area contributed by atoms with E-state index in [2.05, 4.69) is 4.90 Å². The quantitative estimate of drug-likeness (QED) is 0.866. The second-order valence-electron chi connectivity index (χ2n) is 6.15. The van der Waals surface area contributed by atoms with Crippen LogP contribution in [0, 0.1) is 5.82 Å². The number of anilines is 1. The molecule has 1 fully saturated rings. The highest BCUT2D eigenvalue weighted by molar-refractivity contribution is 5.95. The lowest BCUT2D eigenvalue weighted by Crippen LogP contribution is -2.48. The van der Waals surface area contributed by atoms with Gasteiger partial charge in [0.05, 0.1) is 7.11 Å². The van der Waals surface area contributed by atoms with Crippen LogP contribution in [-0.2, 0) is 6.54 Å². The van der Waals surface area contributed by atoms with Crippen molar-refractivity contribution in [3.63, 3.8) is 0 Å². The van der Waals surface area contributed by atoms with Gasteiger partial charge in [-0.3, -0.25) is 9.69 Å². The summed E-state index contributed by atoms with van der Waals surface area (Å²) in [6, 6.07) is 11.6. The van der Waals surface area contributed by atoms with E-state index in [0.29, 0.717) is 36.6 Å². The van der Waals surface area contributed by atoms with Gasteiger partial charge in [-0.25, -0.2) is 4.39 Å². The third-order valence-electron chi connectivity index (χ3n) is 4.43. The molecule has 0 spiro atoms. The van der Waals surface area contributed by atoms with Crippen molar-refractivity contribution < 1.29 is 13.9 Å². The second kappa shape index (κ2) is 7.53. The topological polar surface area (TPSA) is 58.8 Å². The summed E-state index contributed by atoms with van der Waals surface area (Å²) < 4.78 is 18.8. The first-order valence-electron chi connectivity index (χ1n) is 8.26. The van der Waals surface area contributed by atoms with Crippen LogP contribution in [0.2, 0.25) is 0 Å². The number of nitrogens with zero attached hydrogens (tertiary/aromatic N) is 2. The molecule has 0 aliphatic carbocycles. The van der Waals surface area contributed by atoms with Crippen molar-refractivity contribution >= 4 is 11.6 Å². The van der Waals surface area contributed by atoms with E-state index in [1.807, 2.05) is 4.90 Å². The van der Waals surface area contributed by atoms with Crippen LogP contribution in [0.5, 0.6) is 5.75 Å². The number of hydrogen-bond donors (Lipinski definition) is 1. The van der Waals surface area contributed by atoms with E-state index in [1.54, 1.807) is 37.4 Å². The molecule has 2 aromatic carbocycles. The van der Waals surface area contributed by atoms with Crippen LogP contribution in [0.4, 0.5) is 10.1 Å². The van der Waals surface area contributed by atoms with E-state index in [0.717, 1.165) is 18.7 Å². The third-order valence-corrected chi connectivity index (χ3v) is 4.43. The number of carbonyl (C=O) groups is 1. The number of methoxy groups -OCH3 is 1. The normalized spacial score (nSPS) is 15.2. The average Bonchev–Trinajstić information content (AvgIpc) is 2.62. The highest BCUT2D eigenvalue weighted by atomic mass is 19.1. The molecule has 1 aliphatic heterocycles. The lowest BCUT2D eigenvalue weighted by atomic mass is 10.1. The number of hydrogen-bond acceptors (Lipinski definition) is 4. The summed E-state index contributed by atoms with van der Waals surface area (Å²) in [6.07, 6.45) is 0. The monoisotopic (exact) mass is 343 g/mol. The molecule has 0 atom stereocenters. The van der Waals surface area contributed by atoms with Gasteiger partial charge in [0.15, 0.2) is 0 Å². The Labute approximate surface area is 146 Å². The molecule has 0 unspecified atom stereocenters. The zero-order valence-electron chi connectivity index (χ0n) is 14.2. The molecule has 3 rings (SSSR count). The zero-order chi connectivity index (χ0) is 17.8. The molecule has 1 amide bonds. The molecule has 2 N–H and O–H groups in total. The van der Waals surface area contributed by atoms with Gasteiger partial charge in [-0.1, -0.05) is 6.07 Å². The average molecular weight is 343 g/mol. The summed E-state index contributed by atoms with van der Waals surface area (Å²) in [5.41, 5.74) is 7.77. The van der Waals surface area contributed by atoms with Crippen molar-refractivity contribution in [2.75, 3.05) is 39.0 Å². The lowest BCUT2D eigenvalue weighted by Gasteiger charge is -2.35. The Balaban J connectivity index is 1.61. The fourth-order valence-corrected chi connectivity index (χ4v) is 3.07. The molecule has 2 aromatic rings. The second-order valence-corrected chi connectivity index (χ2v) is 6.15. The number of rotatable bonds is 4. The van der Waals surface area contributed by atoms with Gasteiger partial charge in [-0.2, -0.15) is 0 Å². The molecule has 5 nitrogen and oxygen atoms in total. The first-order valence-corrected chi connectivity index (χ1v) is 8.26. The lowest BCUT2D eigenvalue weighted by molar-refractivity contribution is 0.0627. The minimum Gasteiger partial charge on any atom is -0.496 e. The SMILES string of the molecule is COc1ccc(F)cc1CN1CCN(C(=O)c2cccc(N)c2)CC1. The Bertz CT molecular complexity index is 758. The van der Waals surface area contributed by atoms with Gasteiger partial charge >= 0.3 is 0 Å². The van der Waals surface area contributed by atoms with E-state index in [-0.39, 0.29) is 11.7 Å². The maximum atomic E-state index is 13.5. The van der Waals surface area contributed by atoms with Crippen molar-refractivity contribution in [2.24, 2.45) is 0 Å². The highest BCUT2D eigenvalue weighted by Gasteiger charge is 2.23. The molecule has 132 valence electrons. The summed E-state index contributed by atoms with van der Waals surface area (Å²) in [7, 11) is 1.58. The summed E-state index contributed by atoms with van der Waals surface area (Å²) in [5.74, 6) is 0.404. The summed E-state index contributed by atoms with van der Waals surface area (Å²) >= 11 is 0. The van der Waals surface area contributed by atoms with Crippen molar-refractivity contribution in [3.8, 4) is 5.75 Å². The van der Waals surface area contributed by atoms with E-state index in [9.17, 15) is 9.18 Å². The van der Waals surface area contributed by atoms with Gasteiger partial charge in [-0.05, 0) is 36.4 Å². The Kier molecular flexibility index (Phi) is 5.19. The highest BCUT2D eigenvalue weighted by Crippen LogP contribution is 2.22. The van der Waals surface area contributed by atoms with Gasteiger partial charge in [-0.15, -0.1) is 0 Å². The molecule has 0 bridgehead atoms. The van der Waals surface area contributed by atoms with E-state index in [4.69, 9.17) is 10.5 Å². The molecule has 1 aliphatic rings. The molecule has 1 saturated heterocycles. The maximum Gasteiger partial charge on any atom is 0.254 e. The molecular formula is C19H22FN3O2. The van der Waals surface area contributed by atoms with Gasteiger partial charge in [0.2, 0.25) is 0 Å². The Morgan fingerprint density at radius 3 is 2.60 bits per heavy atom. The van der Waals surface area contributed by atoms with Crippen molar-refractivity contribution in [2.45, 2.75) is 6.54 Å². The number of carbonyl (C=O) groups excluding carboxylic acids is 1. The number of benzene rings is 2. The first-order chi connectivity index (χ1) is 12.1. The number of halogens is 1. The van der Waals surface area contributed by atoms with Crippen LogP contribution in [0.15, 0.2) is 42.5 Å². The van der Waals surface area contributed by atoms with Crippen molar-refractivity contribution in [1.29, 1.82) is 0 Å². The largest absolute Gasteiger partial charge is 0.496 e. The van der Waals surface area contributed by atoms with Gasteiger partial charge in [0, 0.05) is 49.5 Å². The number of amides is 1. The summed E-state index contributed by atoms with van der Waals surface area (Å²) in [4.78, 5) is 16.6. The molecule has 25 heavy (non-hydrogen) atoms. The van der Waals surface area contributed by atoms with Crippen molar-refractivity contribution in [1.82, 2.24) is 9.80 Å². The first kappa shape index (κ1) is 17.2. The predicted molar refractivity (Wildman–Crippen MR) is 95.0 cm³/mol. The van der Waals surface area contributed by atoms with Crippen LogP contribution >= 0.6 is 0 Å². The minimum absolute atomic E-state index is 0.00436. The maximum absolute atomic E-state index is 13.5. The van der Waals surface area contributed by atoms with E-state index in [1.165, 1.54) is 12.1 Å². The summed E-state index contributed by atoms with van der Waals surface area (Å²) in [5, 5.41) is 0. The summed E-state index contributed by atoms with van der Waals surface area (Å²) in [6.45, 7) is 3.32. The molecule has 1 heterocycles.